The van der Waals surface area contributed by atoms with Crippen LogP contribution in [0.3, 0.4) is 0 Å². The molecule has 0 saturated carbocycles. The van der Waals surface area contributed by atoms with E-state index in [4.69, 9.17) is 0 Å². The minimum absolute atomic E-state index is 0.966. The van der Waals surface area contributed by atoms with Gasteiger partial charge < -0.3 is 5.32 Å². The summed E-state index contributed by atoms with van der Waals surface area (Å²) in [4.78, 5) is 1.27. The Labute approximate surface area is 77.9 Å². The lowest BCUT2D eigenvalue weighted by atomic mass is 10.3. The van der Waals surface area contributed by atoms with Crippen LogP contribution in [-0.2, 0) is 0 Å². The van der Waals surface area contributed by atoms with Crippen molar-refractivity contribution in [3.63, 3.8) is 0 Å². The summed E-state index contributed by atoms with van der Waals surface area (Å²) in [5.74, 6) is 0. The predicted octanol–water partition coefficient (Wildman–Crippen LogP) is 3.35. The van der Waals surface area contributed by atoms with E-state index in [-0.39, 0.29) is 0 Å². The molecule has 0 aliphatic heterocycles. The molecule has 0 atom stereocenters. The molecule has 2 heteroatoms. The molecule has 0 saturated heterocycles. The van der Waals surface area contributed by atoms with E-state index >= 15 is 0 Å². The molecule has 0 spiro atoms. The molecule has 0 unspecified atom stereocenters. The van der Waals surface area contributed by atoms with E-state index in [1.807, 2.05) is 19.1 Å². The highest BCUT2D eigenvalue weighted by molar-refractivity contribution is 7.98. The average Bonchev–Trinajstić information content (AvgIpc) is 2.03. The summed E-state index contributed by atoms with van der Waals surface area (Å²) in [6, 6.07) is 8.28. The van der Waals surface area contributed by atoms with Gasteiger partial charge in [0, 0.05) is 16.3 Å². The molecule has 0 fully saturated rings. The fourth-order valence-electron chi connectivity index (χ4n) is 0.947. The number of hydrogen-bond donors (Lipinski definition) is 1. The lowest BCUT2D eigenvalue weighted by molar-refractivity contribution is 1.36. The van der Waals surface area contributed by atoms with Gasteiger partial charge in [-0.3, -0.25) is 0 Å². The molecule has 0 bridgehead atoms. The number of hydrogen-bond acceptors (Lipinski definition) is 2. The summed E-state index contributed by atoms with van der Waals surface area (Å²) in [6.45, 7) is 5.74. The van der Waals surface area contributed by atoms with E-state index in [0.29, 0.717) is 0 Å². The second-order valence-corrected chi connectivity index (χ2v) is 3.52. The van der Waals surface area contributed by atoms with Gasteiger partial charge in [-0.15, -0.1) is 11.8 Å². The molecule has 0 aliphatic carbocycles. The zero-order chi connectivity index (χ0) is 8.97. The number of allylic oxidation sites excluding steroid dienone is 1. The Kier molecular flexibility index (Phi) is 3.23. The highest BCUT2D eigenvalue weighted by Crippen LogP contribution is 2.19. The second kappa shape index (κ2) is 4.21. The number of nitrogens with one attached hydrogen (secondary N) is 1. The topological polar surface area (TPSA) is 12.0 Å². The quantitative estimate of drug-likeness (QED) is 0.714. The number of anilines is 1. The van der Waals surface area contributed by atoms with Crippen LogP contribution in [0.15, 0.2) is 41.4 Å². The van der Waals surface area contributed by atoms with E-state index in [2.05, 4.69) is 30.3 Å². The molecule has 1 aromatic carbocycles. The van der Waals surface area contributed by atoms with Crippen LogP contribution in [0.2, 0.25) is 0 Å². The fourth-order valence-corrected chi connectivity index (χ4v) is 1.41. The largest absolute Gasteiger partial charge is 0.360 e. The van der Waals surface area contributed by atoms with Crippen molar-refractivity contribution < 1.29 is 0 Å². The van der Waals surface area contributed by atoms with E-state index in [0.717, 1.165) is 11.4 Å². The van der Waals surface area contributed by atoms with E-state index in [1.54, 1.807) is 11.8 Å². The monoisotopic (exact) mass is 179 g/mol. The van der Waals surface area contributed by atoms with Crippen molar-refractivity contribution in [3.8, 4) is 0 Å². The summed E-state index contributed by atoms with van der Waals surface area (Å²) >= 11 is 1.74. The predicted molar refractivity (Wildman–Crippen MR) is 56.7 cm³/mol. The molecular weight excluding hydrogens is 166 g/mol. The van der Waals surface area contributed by atoms with Gasteiger partial charge in [0.05, 0.1) is 0 Å². The Hall–Kier alpha value is -0.890. The molecule has 0 amide bonds. The van der Waals surface area contributed by atoms with Gasteiger partial charge in [-0.1, -0.05) is 12.6 Å². The molecule has 0 radical (unpaired) electrons. The second-order valence-electron chi connectivity index (χ2n) is 2.64. The average molecular weight is 179 g/mol. The van der Waals surface area contributed by atoms with Gasteiger partial charge in [-0.25, -0.2) is 0 Å². The number of benzene rings is 1. The van der Waals surface area contributed by atoms with Gasteiger partial charge in [-0.2, -0.15) is 0 Å². The minimum Gasteiger partial charge on any atom is -0.360 e. The highest BCUT2D eigenvalue weighted by atomic mass is 32.2. The Morgan fingerprint density at radius 2 is 2.25 bits per heavy atom. The molecule has 1 rings (SSSR count). The standard InChI is InChI=1S/C10H13NS/c1-8(2)11-9-5-4-6-10(7-9)12-3/h4-7,11H,1H2,2-3H3. The van der Waals surface area contributed by atoms with Crippen LogP contribution < -0.4 is 5.32 Å². The van der Waals surface area contributed by atoms with Crippen LogP contribution in [0.25, 0.3) is 0 Å². The van der Waals surface area contributed by atoms with Crippen LogP contribution in [0.5, 0.6) is 0 Å². The van der Waals surface area contributed by atoms with Gasteiger partial charge in [0.2, 0.25) is 0 Å². The van der Waals surface area contributed by atoms with Crippen molar-refractivity contribution in [1.29, 1.82) is 0 Å². The third-order valence-electron chi connectivity index (χ3n) is 1.43. The van der Waals surface area contributed by atoms with Crippen molar-refractivity contribution in [1.82, 2.24) is 0 Å². The maximum absolute atomic E-state index is 3.79. The smallest absolute Gasteiger partial charge is 0.0392 e. The summed E-state index contributed by atoms with van der Waals surface area (Å²) in [5.41, 5.74) is 2.07. The molecule has 1 nitrogen and oxygen atoms in total. The maximum atomic E-state index is 3.79. The molecular formula is C10H13NS. The molecule has 64 valence electrons. The van der Waals surface area contributed by atoms with Crippen LogP contribution in [0, 0.1) is 0 Å². The van der Waals surface area contributed by atoms with Gasteiger partial charge >= 0.3 is 0 Å². The third kappa shape index (κ3) is 2.62. The van der Waals surface area contributed by atoms with Crippen molar-refractivity contribution in [3.05, 3.63) is 36.5 Å². The number of thioether (sulfide) groups is 1. The van der Waals surface area contributed by atoms with E-state index in [1.165, 1.54) is 4.90 Å². The van der Waals surface area contributed by atoms with Crippen LogP contribution in [0.4, 0.5) is 5.69 Å². The first-order valence-electron chi connectivity index (χ1n) is 3.79. The Balaban J connectivity index is 2.79. The lowest BCUT2D eigenvalue weighted by Gasteiger charge is -2.05. The summed E-state index contributed by atoms with van der Waals surface area (Å²) < 4.78 is 0. The molecule has 0 aromatic heterocycles. The summed E-state index contributed by atoms with van der Waals surface area (Å²) in [5, 5.41) is 3.17. The molecule has 1 aromatic rings. The Bertz CT molecular complexity index is 281. The summed E-state index contributed by atoms with van der Waals surface area (Å²) in [7, 11) is 0. The van der Waals surface area contributed by atoms with Crippen molar-refractivity contribution >= 4 is 17.4 Å². The number of rotatable bonds is 3. The molecule has 0 aliphatic rings. The summed E-state index contributed by atoms with van der Waals surface area (Å²) in [6.07, 6.45) is 2.07. The molecule has 0 heterocycles. The first-order chi connectivity index (χ1) is 5.72. The zero-order valence-electron chi connectivity index (χ0n) is 7.42. The Morgan fingerprint density at radius 1 is 1.50 bits per heavy atom. The normalized spacial score (nSPS) is 9.50. The zero-order valence-corrected chi connectivity index (χ0v) is 8.24. The third-order valence-corrected chi connectivity index (χ3v) is 2.15. The van der Waals surface area contributed by atoms with Crippen molar-refractivity contribution in [2.24, 2.45) is 0 Å². The molecule has 1 N–H and O–H groups in total. The van der Waals surface area contributed by atoms with Crippen molar-refractivity contribution in [2.75, 3.05) is 11.6 Å². The SMILES string of the molecule is C=C(C)Nc1cccc(SC)c1. The van der Waals surface area contributed by atoms with Crippen molar-refractivity contribution in [2.45, 2.75) is 11.8 Å². The first kappa shape index (κ1) is 9.20. The first-order valence-corrected chi connectivity index (χ1v) is 5.01. The van der Waals surface area contributed by atoms with E-state index < -0.39 is 0 Å². The highest BCUT2D eigenvalue weighted by Gasteiger charge is 1.92. The molecule has 12 heavy (non-hydrogen) atoms. The lowest BCUT2D eigenvalue weighted by Crippen LogP contribution is -1.92. The van der Waals surface area contributed by atoms with Gasteiger partial charge in [0.1, 0.15) is 0 Å². The van der Waals surface area contributed by atoms with Gasteiger partial charge in [-0.05, 0) is 31.4 Å². The van der Waals surface area contributed by atoms with Crippen LogP contribution >= 0.6 is 11.8 Å². The minimum atomic E-state index is 0.966. The maximum Gasteiger partial charge on any atom is 0.0392 e. The van der Waals surface area contributed by atoms with Gasteiger partial charge in [0.25, 0.3) is 0 Å². The Morgan fingerprint density at radius 3 is 2.83 bits per heavy atom. The van der Waals surface area contributed by atoms with E-state index in [9.17, 15) is 0 Å². The van der Waals surface area contributed by atoms with Crippen LogP contribution in [-0.4, -0.2) is 6.26 Å². The fraction of sp³-hybridized carbons (Fsp3) is 0.200. The van der Waals surface area contributed by atoms with Crippen LogP contribution in [0.1, 0.15) is 6.92 Å². The van der Waals surface area contributed by atoms with Gasteiger partial charge in [0.15, 0.2) is 0 Å².